The minimum Gasteiger partial charge on any atom is -0.493 e. The number of amides is 1. The van der Waals surface area contributed by atoms with Gasteiger partial charge in [0.15, 0.2) is 0 Å². The molecule has 2 aromatic carbocycles. The summed E-state index contributed by atoms with van der Waals surface area (Å²) < 4.78 is 11.3. The Morgan fingerprint density at radius 1 is 1.17 bits per heavy atom. The Bertz CT molecular complexity index is 709. The Morgan fingerprint density at radius 2 is 1.92 bits per heavy atom. The third-order valence-electron chi connectivity index (χ3n) is 4.16. The molecule has 0 radical (unpaired) electrons. The number of nitrogens with one attached hydrogen (secondary N) is 1. The quantitative estimate of drug-likeness (QED) is 0.911. The first kappa shape index (κ1) is 16.4. The first-order valence-electron chi connectivity index (χ1n) is 8.34. The molecule has 1 heterocycles. The highest BCUT2D eigenvalue weighted by molar-refractivity contribution is 5.76. The van der Waals surface area contributed by atoms with Gasteiger partial charge in [0.1, 0.15) is 11.5 Å². The maximum absolute atomic E-state index is 12.2. The normalized spacial score (nSPS) is 16.0. The van der Waals surface area contributed by atoms with Crippen LogP contribution >= 0.6 is 0 Å². The van der Waals surface area contributed by atoms with Crippen LogP contribution in [0.2, 0.25) is 0 Å². The summed E-state index contributed by atoms with van der Waals surface area (Å²) in [6.45, 7) is 5.08. The zero-order chi connectivity index (χ0) is 16.9. The molecule has 1 unspecified atom stereocenters. The Balaban J connectivity index is 1.52. The second-order valence-electron chi connectivity index (χ2n) is 6.21. The van der Waals surface area contributed by atoms with Gasteiger partial charge in [0.25, 0.3) is 0 Å². The summed E-state index contributed by atoms with van der Waals surface area (Å²) in [5.74, 6) is 1.66. The van der Waals surface area contributed by atoms with Gasteiger partial charge < -0.3 is 14.8 Å². The van der Waals surface area contributed by atoms with Crippen LogP contribution in [0, 0.1) is 13.8 Å². The Kier molecular flexibility index (Phi) is 5.04. The number of aryl methyl sites for hydroxylation is 2. The number of carbonyl (C=O) groups is 1. The van der Waals surface area contributed by atoms with E-state index in [0.717, 1.165) is 23.5 Å². The lowest BCUT2D eigenvalue weighted by atomic mass is 9.98. The average Bonchev–Trinajstić information content (AvgIpc) is 2.57. The standard InChI is InChI=1S/C20H23NO3/c1-14-3-6-16(7-4-14)23-12-10-20(22)21-18-9-11-24-19-8-5-15(2)13-17(18)19/h3-8,13,18H,9-12H2,1-2H3,(H,21,22). The summed E-state index contributed by atoms with van der Waals surface area (Å²) in [4.78, 5) is 12.2. The second kappa shape index (κ2) is 7.39. The van der Waals surface area contributed by atoms with E-state index >= 15 is 0 Å². The van der Waals surface area contributed by atoms with Crippen molar-refractivity contribution in [2.24, 2.45) is 0 Å². The third kappa shape index (κ3) is 4.07. The molecule has 1 aliphatic heterocycles. The molecule has 2 aromatic rings. The van der Waals surface area contributed by atoms with Gasteiger partial charge in [-0.05, 0) is 32.0 Å². The molecule has 4 heteroatoms. The molecule has 24 heavy (non-hydrogen) atoms. The van der Waals surface area contributed by atoms with Gasteiger partial charge in [0.05, 0.1) is 25.7 Å². The summed E-state index contributed by atoms with van der Waals surface area (Å²) in [6, 6.07) is 13.9. The van der Waals surface area contributed by atoms with Crippen LogP contribution in [0.25, 0.3) is 0 Å². The van der Waals surface area contributed by atoms with E-state index in [9.17, 15) is 4.79 Å². The van der Waals surface area contributed by atoms with Gasteiger partial charge >= 0.3 is 0 Å². The molecule has 3 rings (SSSR count). The first-order valence-corrected chi connectivity index (χ1v) is 8.34. The highest BCUT2D eigenvalue weighted by atomic mass is 16.5. The van der Waals surface area contributed by atoms with Crippen LogP contribution in [-0.2, 0) is 4.79 Å². The smallest absolute Gasteiger partial charge is 0.223 e. The van der Waals surface area contributed by atoms with Gasteiger partial charge in [0, 0.05) is 12.0 Å². The van der Waals surface area contributed by atoms with E-state index in [0.29, 0.717) is 19.6 Å². The number of rotatable bonds is 5. The summed E-state index contributed by atoms with van der Waals surface area (Å²) in [7, 11) is 0. The Hall–Kier alpha value is -2.49. The van der Waals surface area contributed by atoms with E-state index in [-0.39, 0.29) is 11.9 Å². The predicted molar refractivity (Wildman–Crippen MR) is 93.5 cm³/mol. The van der Waals surface area contributed by atoms with Gasteiger partial charge in [-0.25, -0.2) is 0 Å². The molecule has 1 atom stereocenters. The number of ether oxygens (including phenoxy) is 2. The molecule has 0 saturated heterocycles. The number of hydrogen-bond donors (Lipinski definition) is 1. The number of benzene rings is 2. The zero-order valence-corrected chi connectivity index (χ0v) is 14.2. The molecule has 0 spiro atoms. The van der Waals surface area contributed by atoms with E-state index in [4.69, 9.17) is 9.47 Å². The second-order valence-corrected chi connectivity index (χ2v) is 6.21. The predicted octanol–water partition coefficient (Wildman–Crippen LogP) is 3.71. The first-order chi connectivity index (χ1) is 11.6. The minimum atomic E-state index is 0.00136. The van der Waals surface area contributed by atoms with Crippen molar-refractivity contribution in [1.29, 1.82) is 0 Å². The van der Waals surface area contributed by atoms with Crippen LogP contribution in [-0.4, -0.2) is 19.1 Å². The van der Waals surface area contributed by atoms with Crippen molar-refractivity contribution >= 4 is 5.91 Å². The lowest BCUT2D eigenvalue weighted by molar-refractivity contribution is -0.122. The summed E-state index contributed by atoms with van der Waals surface area (Å²) in [6.07, 6.45) is 1.13. The maximum Gasteiger partial charge on any atom is 0.223 e. The topological polar surface area (TPSA) is 47.6 Å². The number of carbonyl (C=O) groups excluding carboxylic acids is 1. The van der Waals surface area contributed by atoms with Crippen molar-refractivity contribution in [2.45, 2.75) is 32.7 Å². The Morgan fingerprint density at radius 3 is 2.71 bits per heavy atom. The van der Waals surface area contributed by atoms with Crippen molar-refractivity contribution < 1.29 is 14.3 Å². The van der Waals surface area contributed by atoms with E-state index in [2.05, 4.69) is 11.4 Å². The highest BCUT2D eigenvalue weighted by Gasteiger charge is 2.22. The third-order valence-corrected chi connectivity index (χ3v) is 4.16. The molecule has 1 aliphatic rings. The van der Waals surface area contributed by atoms with E-state index in [1.54, 1.807) is 0 Å². The molecule has 0 fully saturated rings. The molecule has 0 saturated carbocycles. The van der Waals surface area contributed by atoms with Crippen molar-refractivity contribution in [3.8, 4) is 11.5 Å². The lowest BCUT2D eigenvalue weighted by Gasteiger charge is -2.27. The lowest BCUT2D eigenvalue weighted by Crippen LogP contribution is -2.32. The fraction of sp³-hybridized carbons (Fsp3) is 0.350. The maximum atomic E-state index is 12.2. The summed E-state index contributed by atoms with van der Waals surface area (Å²) in [5, 5.41) is 3.10. The van der Waals surface area contributed by atoms with Crippen LogP contribution in [0.4, 0.5) is 0 Å². The van der Waals surface area contributed by atoms with Gasteiger partial charge in [-0.15, -0.1) is 0 Å². The summed E-state index contributed by atoms with van der Waals surface area (Å²) >= 11 is 0. The molecule has 0 aromatic heterocycles. The van der Waals surface area contributed by atoms with E-state index in [1.807, 2.05) is 50.2 Å². The van der Waals surface area contributed by atoms with Crippen LogP contribution in [0.5, 0.6) is 11.5 Å². The van der Waals surface area contributed by atoms with Crippen LogP contribution in [0.3, 0.4) is 0 Å². The fourth-order valence-electron chi connectivity index (χ4n) is 2.83. The highest BCUT2D eigenvalue weighted by Crippen LogP contribution is 2.32. The SMILES string of the molecule is Cc1ccc(OCCC(=O)NC2CCOc3ccc(C)cc32)cc1. The van der Waals surface area contributed by atoms with Gasteiger partial charge in [0.2, 0.25) is 5.91 Å². The molecule has 126 valence electrons. The molecule has 4 nitrogen and oxygen atoms in total. The fourth-order valence-corrected chi connectivity index (χ4v) is 2.83. The van der Waals surface area contributed by atoms with Gasteiger partial charge in [-0.2, -0.15) is 0 Å². The average molecular weight is 325 g/mol. The Labute approximate surface area is 142 Å². The van der Waals surface area contributed by atoms with E-state index < -0.39 is 0 Å². The number of fused-ring (bicyclic) bond motifs is 1. The van der Waals surface area contributed by atoms with Crippen molar-refractivity contribution in [3.05, 3.63) is 59.2 Å². The summed E-state index contributed by atoms with van der Waals surface area (Å²) in [5.41, 5.74) is 3.42. The minimum absolute atomic E-state index is 0.00136. The van der Waals surface area contributed by atoms with Crippen molar-refractivity contribution in [3.63, 3.8) is 0 Å². The number of hydrogen-bond acceptors (Lipinski definition) is 3. The molecular weight excluding hydrogens is 302 g/mol. The van der Waals surface area contributed by atoms with Crippen molar-refractivity contribution in [2.75, 3.05) is 13.2 Å². The zero-order valence-electron chi connectivity index (χ0n) is 14.2. The molecule has 0 aliphatic carbocycles. The molecular formula is C20H23NO3. The van der Waals surface area contributed by atoms with Gasteiger partial charge in [-0.1, -0.05) is 35.4 Å². The van der Waals surface area contributed by atoms with Crippen LogP contribution in [0.1, 0.15) is 35.6 Å². The van der Waals surface area contributed by atoms with Crippen LogP contribution in [0.15, 0.2) is 42.5 Å². The molecule has 1 N–H and O–H groups in total. The molecule has 1 amide bonds. The largest absolute Gasteiger partial charge is 0.493 e. The molecule has 0 bridgehead atoms. The van der Waals surface area contributed by atoms with Gasteiger partial charge in [-0.3, -0.25) is 4.79 Å². The van der Waals surface area contributed by atoms with Crippen LogP contribution < -0.4 is 14.8 Å². The van der Waals surface area contributed by atoms with E-state index in [1.165, 1.54) is 11.1 Å². The monoisotopic (exact) mass is 325 g/mol. The van der Waals surface area contributed by atoms with Crippen molar-refractivity contribution in [1.82, 2.24) is 5.32 Å².